The van der Waals surface area contributed by atoms with E-state index in [4.69, 9.17) is 11.6 Å². The van der Waals surface area contributed by atoms with Crippen LogP contribution in [0.15, 0.2) is 12.1 Å². The van der Waals surface area contributed by atoms with Crippen LogP contribution in [0.5, 0.6) is 0 Å². The Morgan fingerprint density at radius 2 is 2.33 bits per heavy atom. The molecule has 1 atom stereocenters. The van der Waals surface area contributed by atoms with Crippen LogP contribution in [0.25, 0.3) is 0 Å². The van der Waals surface area contributed by atoms with Crippen LogP contribution in [0, 0.1) is 12.8 Å². The van der Waals surface area contributed by atoms with Crippen LogP contribution < -0.4 is 4.90 Å². The highest BCUT2D eigenvalue weighted by atomic mass is 35.5. The molecule has 0 amide bonds. The van der Waals surface area contributed by atoms with E-state index in [1.807, 2.05) is 6.92 Å². The maximum atomic E-state index is 5.81. The van der Waals surface area contributed by atoms with Crippen LogP contribution in [0.2, 0.25) is 0 Å². The summed E-state index contributed by atoms with van der Waals surface area (Å²) in [4.78, 5) is 6.96. The van der Waals surface area contributed by atoms with Gasteiger partial charge in [-0.05, 0) is 30.9 Å². The van der Waals surface area contributed by atoms with E-state index in [0.717, 1.165) is 36.1 Å². The number of alkyl halides is 1. The molecule has 3 heteroatoms. The van der Waals surface area contributed by atoms with Gasteiger partial charge in [-0.2, -0.15) is 0 Å². The largest absolute Gasteiger partial charge is 0.356 e. The second kappa shape index (κ2) is 4.40. The fourth-order valence-electron chi connectivity index (χ4n) is 2.04. The second-order valence-electron chi connectivity index (χ2n) is 4.39. The van der Waals surface area contributed by atoms with E-state index in [-0.39, 0.29) is 0 Å². The average molecular weight is 225 g/mol. The van der Waals surface area contributed by atoms with E-state index in [1.54, 1.807) is 0 Å². The quantitative estimate of drug-likeness (QED) is 0.718. The van der Waals surface area contributed by atoms with Crippen molar-refractivity contribution < 1.29 is 0 Å². The smallest absolute Gasteiger partial charge is 0.128 e. The van der Waals surface area contributed by atoms with Gasteiger partial charge in [0.2, 0.25) is 0 Å². The van der Waals surface area contributed by atoms with Crippen LogP contribution in [0.3, 0.4) is 0 Å². The number of pyridine rings is 1. The predicted octanol–water partition coefficient (Wildman–Crippen LogP) is 2.98. The van der Waals surface area contributed by atoms with Gasteiger partial charge in [0.05, 0.1) is 0 Å². The highest BCUT2D eigenvalue weighted by molar-refractivity contribution is 6.17. The highest BCUT2D eigenvalue weighted by Gasteiger charge is 2.19. The van der Waals surface area contributed by atoms with Gasteiger partial charge >= 0.3 is 0 Å². The van der Waals surface area contributed by atoms with Crippen molar-refractivity contribution in [2.24, 2.45) is 5.92 Å². The van der Waals surface area contributed by atoms with Gasteiger partial charge in [0, 0.05) is 24.7 Å². The summed E-state index contributed by atoms with van der Waals surface area (Å²) < 4.78 is 0. The van der Waals surface area contributed by atoms with Gasteiger partial charge in [-0.15, -0.1) is 11.6 Å². The number of aromatic nitrogens is 1. The van der Waals surface area contributed by atoms with Gasteiger partial charge in [0.15, 0.2) is 0 Å². The molecule has 1 aromatic heterocycles. The third kappa shape index (κ3) is 2.25. The number of hydrogen-bond acceptors (Lipinski definition) is 2. The van der Waals surface area contributed by atoms with E-state index in [1.165, 1.54) is 6.42 Å². The Balaban J connectivity index is 2.19. The fourth-order valence-corrected chi connectivity index (χ4v) is 2.32. The first-order valence-corrected chi connectivity index (χ1v) is 6.01. The molecule has 0 radical (unpaired) electrons. The minimum Gasteiger partial charge on any atom is -0.356 e. The maximum absolute atomic E-state index is 5.81. The van der Waals surface area contributed by atoms with Crippen LogP contribution in [0.4, 0.5) is 5.82 Å². The van der Waals surface area contributed by atoms with E-state index in [0.29, 0.717) is 5.88 Å². The molecule has 1 saturated heterocycles. The zero-order valence-corrected chi connectivity index (χ0v) is 10.1. The van der Waals surface area contributed by atoms with Crippen molar-refractivity contribution in [3.8, 4) is 0 Å². The molecule has 82 valence electrons. The number of hydrogen-bond donors (Lipinski definition) is 0. The molecule has 0 aromatic carbocycles. The maximum Gasteiger partial charge on any atom is 0.128 e. The van der Waals surface area contributed by atoms with Crippen LogP contribution >= 0.6 is 11.6 Å². The van der Waals surface area contributed by atoms with Crippen LogP contribution in [0.1, 0.15) is 24.6 Å². The topological polar surface area (TPSA) is 16.1 Å². The lowest BCUT2D eigenvalue weighted by Gasteiger charge is -2.18. The van der Waals surface area contributed by atoms with Crippen molar-refractivity contribution in [1.82, 2.24) is 4.98 Å². The molecule has 2 nitrogen and oxygen atoms in total. The van der Waals surface area contributed by atoms with E-state index in [9.17, 15) is 0 Å². The van der Waals surface area contributed by atoms with Gasteiger partial charge in [0.25, 0.3) is 0 Å². The molecule has 2 rings (SSSR count). The first-order valence-electron chi connectivity index (χ1n) is 5.48. The summed E-state index contributed by atoms with van der Waals surface area (Å²) >= 11 is 5.81. The van der Waals surface area contributed by atoms with Crippen molar-refractivity contribution in [2.75, 3.05) is 18.0 Å². The van der Waals surface area contributed by atoms with E-state index >= 15 is 0 Å². The molecule has 1 unspecified atom stereocenters. The molecule has 1 fully saturated rings. The van der Waals surface area contributed by atoms with Crippen LogP contribution in [-0.2, 0) is 5.88 Å². The van der Waals surface area contributed by atoms with Crippen molar-refractivity contribution in [1.29, 1.82) is 0 Å². The van der Waals surface area contributed by atoms with Crippen molar-refractivity contribution in [3.05, 3.63) is 23.4 Å². The Hall–Kier alpha value is -0.760. The third-order valence-corrected chi connectivity index (χ3v) is 3.36. The summed E-state index contributed by atoms with van der Waals surface area (Å²) in [7, 11) is 0. The molecule has 0 spiro atoms. The molecule has 2 heterocycles. The third-order valence-electron chi connectivity index (χ3n) is 3.07. The Kier molecular flexibility index (Phi) is 3.15. The molecule has 1 aliphatic heterocycles. The molecule has 0 bridgehead atoms. The Morgan fingerprint density at radius 3 is 2.87 bits per heavy atom. The molecular formula is C12H17ClN2. The van der Waals surface area contributed by atoms with Gasteiger partial charge < -0.3 is 4.90 Å². The summed E-state index contributed by atoms with van der Waals surface area (Å²) in [6.07, 6.45) is 1.28. The Bertz CT molecular complexity index is 351. The summed E-state index contributed by atoms with van der Waals surface area (Å²) in [6.45, 7) is 6.58. The van der Waals surface area contributed by atoms with E-state index < -0.39 is 0 Å². The normalized spacial score (nSPS) is 21.0. The fraction of sp³-hybridized carbons (Fsp3) is 0.583. The predicted molar refractivity (Wildman–Crippen MR) is 64.5 cm³/mol. The lowest BCUT2D eigenvalue weighted by atomic mass is 10.2. The number of rotatable bonds is 2. The molecule has 15 heavy (non-hydrogen) atoms. The minimum absolute atomic E-state index is 0.551. The van der Waals surface area contributed by atoms with Crippen molar-refractivity contribution >= 4 is 17.4 Å². The number of nitrogens with zero attached hydrogens (tertiary/aromatic N) is 2. The molecule has 0 N–H and O–H groups in total. The van der Waals surface area contributed by atoms with Gasteiger partial charge in [-0.25, -0.2) is 4.98 Å². The summed E-state index contributed by atoms with van der Waals surface area (Å²) in [5.41, 5.74) is 2.19. The SMILES string of the molecule is Cc1nc(N2CCC(C)C2)ccc1CCl. The van der Waals surface area contributed by atoms with Crippen LogP contribution in [-0.4, -0.2) is 18.1 Å². The number of halogens is 1. The molecule has 0 saturated carbocycles. The van der Waals surface area contributed by atoms with Gasteiger partial charge in [0.1, 0.15) is 5.82 Å². The zero-order chi connectivity index (χ0) is 10.8. The first-order chi connectivity index (χ1) is 7.20. The zero-order valence-electron chi connectivity index (χ0n) is 9.33. The molecule has 1 aliphatic rings. The monoisotopic (exact) mass is 224 g/mol. The average Bonchev–Trinajstić information content (AvgIpc) is 2.65. The number of anilines is 1. The van der Waals surface area contributed by atoms with Gasteiger partial charge in [-0.3, -0.25) is 0 Å². The second-order valence-corrected chi connectivity index (χ2v) is 4.65. The lowest BCUT2D eigenvalue weighted by molar-refractivity contribution is 0.659. The van der Waals surface area contributed by atoms with Crippen molar-refractivity contribution in [2.45, 2.75) is 26.1 Å². The highest BCUT2D eigenvalue weighted by Crippen LogP contribution is 2.23. The Labute approximate surface area is 96.3 Å². The molecule has 1 aromatic rings. The van der Waals surface area contributed by atoms with Gasteiger partial charge in [-0.1, -0.05) is 13.0 Å². The summed E-state index contributed by atoms with van der Waals surface area (Å²) in [5.74, 6) is 2.45. The first kappa shape index (κ1) is 10.7. The minimum atomic E-state index is 0.551. The lowest BCUT2D eigenvalue weighted by Crippen LogP contribution is -2.20. The molecule has 0 aliphatic carbocycles. The summed E-state index contributed by atoms with van der Waals surface area (Å²) in [6, 6.07) is 4.18. The standard InChI is InChI=1S/C12H17ClN2/c1-9-5-6-15(8-9)12-4-3-11(7-13)10(2)14-12/h3-4,9H,5-8H2,1-2H3. The number of aryl methyl sites for hydroxylation is 1. The summed E-state index contributed by atoms with van der Waals surface area (Å²) in [5, 5.41) is 0. The molecular weight excluding hydrogens is 208 g/mol. The van der Waals surface area contributed by atoms with Crippen molar-refractivity contribution in [3.63, 3.8) is 0 Å². The Morgan fingerprint density at radius 1 is 1.53 bits per heavy atom. The van der Waals surface area contributed by atoms with E-state index in [2.05, 4.69) is 28.9 Å².